The van der Waals surface area contributed by atoms with Crippen molar-refractivity contribution < 1.29 is 53.3 Å². The van der Waals surface area contributed by atoms with E-state index in [0.717, 1.165) is 0 Å². The SMILES string of the molecule is CCN1C[C@]2(COC)[C@H](O)C[C@@H](OC)[C@@]34[C@@H]5C[C@@]6(O)[C@@H](OC(=O)c7ccccc7)[C@@H]5[C@@](OC(C)=O)([C@@H]([C@H](OC)[C@H]23)[C@@H]14)[C@H](O)[C@@H]6OC. The number of carbonyl (C=O) groups excluding carboxylic acids is 2. The van der Waals surface area contributed by atoms with Crippen LogP contribution in [-0.2, 0) is 33.2 Å². The summed E-state index contributed by atoms with van der Waals surface area (Å²) in [5.74, 6) is -3.65. The molecule has 0 unspecified atom stereocenters. The molecular formula is C34H47NO11. The highest BCUT2D eigenvalue weighted by Crippen LogP contribution is 2.80. The van der Waals surface area contributed by atoms with Gasteiger partial charge in [0.05, 0.1) is 30.5 Å². The molecule has 6 aliphatic rings. The van der Waals surface area contributed by atoms with Gasteiger partial charge in [0.15, 0.2) is 5.60 Å². The lowest BCUT2D eigenvalue weighted by atomic mass is 9.42. The third-order valence-electron chi connectivity index (χ3n) is 13.2. The molecule has 1 saturated heterocycles. The second kappa shape index (κ2) is 10.9. The Labute approximate surface area is 269 Å². The standard InChI is InChI=1S/C34H47NO11/c1-7-35-15-31(16-41-3)20(37)13-21(42-4)33-19-14-32(40)28(45-30(39)18-11-9-8-10-12-18)22(19)34(46-17(2)36,27(38)29(32)44-6)23(26(33)35)24(43-5)25(31)33/h8-12,19-29,37-38,40H,7,13-16H2,1-6H3/t19-,20-,21-,22-,23+,24+,25-,26-,27-,28+,29+,31+,32-,33+,34-/m1/s1. The zero-order valence-electron chi connectivity index (χ0n) is 27.3. The quantitative estimate of drug-likeness (QED) is 0.323. The minimum absolute atomic E-state index is 0.0791. The molecule has 5 saturated carbocycles. The van der Waals surface area contributed by atoms with Crippen molar-refractivity contribution in [1.29, 1.82) is 0 Å². The van der Waals surface area contributed by atoms with Crippen LogP contribution in [-0.4, -0.2) is 134 Å². The predicted octanol–water partition coefficient (Wildman–Crippen LogP) is 0.648. The summed E-state index contributed by atoms with van der Waals surface area (Å²) >= 11 is 0. The molecule has 1 aliphatic heterocycles. The van der Waals surface area contributed by atoms with Crippen molar-refractivity contribution in [2.24, 2.45) is 34.5 Å². The first-order chi connectivity index (χ1) is 22.0. The molecule has 7 rings (SSSR count). The Bertz CT molecular complexity index is 1360. The largest absolute Gasteiger partial charge is 0.455 e. The van der Waals surface area contributed by atoms with Gasteiger partial charge in [-0.15, -0.1) is 0 Å². The third-order valence-corrected chi connectivity index (χ3v) is 13.2. The van der Waals surface area contributed by atoms with Crippen LogP contribution >= 0.6 is 0 Å². The Morgan fingerprint density at radius 1 is 1.00 bits per heavy atom. The molecule has 1 aromatic rings. The van der Waals surface area contributed by atoms with Crippen molar-refractivity contribution >= 4 is 11.9 Å². The summed E-state index contributed by atoms with van der Waals surface area (Å²) in [4.78, 5) is 29.3. The smallest absolute Gasteiger partial charge is 0.338 e. The lowest BCUT2D eigenvalue weighted by molar-refractivity contribution is -0.322. The molecular weight excluding hydrogens is 598 g/mol. The first-order valence-corrected chi connectivity index (χ1v) is 16.3. The number of benzene rings is 1. The fourth-order valence-corrected chi connectivity index (χ4v) is 12.3. The van der Waals surface area contributed by atoms with Crippen LogP contribution in [0, 0.1) is 34.5 Å². The minimum Gasteiger partial charge on any atom is -0.455 e. The highest BCUT2D eigenvalue weighted by atomic mass is 16.6. The van der Waals surface area contributed by atoms with Crippen LogP contribution in [0.5, 0.6) is 0 Å². The molecule has 7 bridgehead atoms. The lowest BCUT2D eigenvalue weighted by Crippen LogP contribution is -2.81. The van der Waals surface area contributed by atoms with Crippen LogP contribution in [0.3, 0.4) is 0 Å². The van der Waals surface area contributed by atoms with E-state index >= 15 is 0 Å². The van der Waals surface area contributed by atoms with Gasteiger partial charge in [-0.2, -0.15) is 0 Å². The number of nitrogens with zero attached hydrogens (tertiary/aromatic N) is 1. The predicted molar refractivity (Wildman–Crippen MR) is 160 cm³/mol. The van der Waals surface area contributed by atoms with E-state index in [1.165, 1.54) is 14.0 Å². The van der Waals surface area contributed by atoms with Crippen molar-refractivity contribution in [1.82, 2.24) is 4.90 Å². The number of rotatable bonds is 9. The molecule has 46 heavy (non-hydrogen) atoms. The molecule has 1 heterocycles. The Morgan fingerprint density at radius 2 is 1.72 bits per heavy atom. The van der Waals surface area contributed by atoms with Crippen molar-refractivity contribution in [3.05, 3.63) is 35.9 Å². The summed E-state index contributed by atoms with van der Waals surface area (Å²) in [7, 11) is 6.27. The fourth-order valence-electron chi connectivity index (χ4n) is 12.3. The Balaban J connectivity index is 1.53. The van der Waals surface area contributed by atoms with Crippen LogP contribution in [0.25, 0.3) is 0 Å². The number of piperidine rings is 1. The molecule has 1 spiro atoms. The average Bonchev–Trinajstić information content (AvgIpc) is 3.41. The van der Waals surface area contributed by atoms with Gasteiger partial charge in [-0.25, -0.2) is 4.79 Å². The number of esters is 2. The number of hydrogen-bond donors (Lipinski definition) is 3. The van der Waals surface area contributed by atoms with Crippen LogP contribution in [0.4, 0.5) is 0 Å². The van der Waals surface area contributed by atoms with Gasteiger partial charge >= 0.3 is 11.9 Å². The maximum absolute atomic E-state index is 13.8. The summed E-state index contributed by atoms with van der Waals surface area (Å²) in [6.07, 6.45) is -5.49. The first kappa shape index (κ1) is 32.4. The number of fused-ring (bicyclic) bond motifs is 2. The molecule has 5 aliphatic carbocycles. The lowest BCUT2D eigenvalue weighted by Gasteiger charge is -2.70. The third kappa shape index (κ3) is 3.62. The van der Waals surface area contributed by atoms with E-state index in [4.69, 9.17) is 28.4 Å². The molecule has 1 aromatic carbocycles. The van der Waals surface area contributed by atoms with Crippen molar-refractivity contribution in [3.8, 4) is 0 Å². The van der Waals surface area contributed by atoms with E-state index in [9.17, 15) is 24.9 Å². The van der Waals surface area contributed by atoms with Crippen LogP contribution in [0.2, 0.25) is 0 Å². The van der Waals surface area contributed by atoms with Crippen LogP contribution in [0.15, 0.2) is 30.3 Å². The molecule has 12 heteroatoms. The van der Waals surface area contributed by atoms with E-state index in [1.54, 1.807) is 51.7 Å². The number of aliphatic hydroxyl groups is 3. The number of ether oxygens (including phenoxy) is 6. The highest BCUT2D eigenvalue weighted by molar-refractivity contribution is 5.89. The van der Waals surface area contributed by atoms with Crippen molar-refractivity contribution in [2.45, 2.75) is 80.6 Å². The molecule has 6 fully saturated rings. The van der Waals surface area contributed by atoms with Gasteiger partial charge in [0.2, 0.25) is 0 Å². The highest BCUT2D eigenvalue weighted by Gasteiger charge is 2.92. The van der Waals surface area contributed by atoms with Gasteiger partial charge in [0.1, 0.15) is 23.9 Å². The molecule has 12 nitrogen and oxygen atoms in total. The normalized spacial score (nSPS) is 49.9. The average molecular weight is 646 g/mol. The van der Waals surface area contributed by atoms with Crippen molar-refractivity contribution in [2.75, 3.05) is 48.1 Å². The monoisotopic (exact) mass is 645 g/mol. The van der Waals surface area contributed by atoms with Gasteiger partial charge in [-0.3, -0.25) is 9.69 Å². The van der Waals surface area contributed by atoms with Crippen LogP contribution < -0.4 is 0 Å². The summed E-state index contributed by atoms with van der Waals surface area (Å²) in [5.41, 5.74) is -4.79. The van der Waals surface area contributed by atoms with Gasteiger partial charge in [-0.05, 0) is 31.0 Å². The van der Waals surface area contributed by atoms with Gasteiger partial charge < -0.3 is 43.7 Å². The number of hydrogen-bond acceptors (Lipinski definition) is 12. The summed E-state index contributed by atoms with van der Waals surface area (Å²) in [6.45, 7) is 4.68. The summed E-state index contributed by atoms with van der Waals surface area (Å²) in [5, 5.41) is 37.3. The zero-order chi connectivity index (χ0) is 33.0. The number of carbonyl (C=O) groups is 2. The fraction of sp³-hybridized carbons (Fsp3) is 0.765. The van der Waals surface area contributed by atoms with E-state index in [0.29, 0.717) is 25.1 Å². The maximum Gasteiger partial charge on any atom is 0.338 e. The van der Waals surface area contributed by atoms with E-state index in [1.807, 2.05) is 6.92 Å². The van der Waals surface area contributed by atoms with Crippen LogP contribution in [0.1, 0.15) is 37.0 Å². The van der Waals surface area contributed by atoms with Gasteiger partial charge in [-0.1, -0.05) is 25.1 Å². The number of methoxy groups -OCH3 is 4. The topological polar surface area (TPSA) is 153 Å². The van der Waals surface area contributed by atoms with E-state index in [2.05, 4.69) is 4.90 Å². The number of likely N-dealkylation sites (tertiary alicyclic amines) is 1. The minimum atomic E-state index is -1.83. The molecule has 0 aromatic heterocycles. The molecule has 15 atom stereocenters. The molecule has 0 radical (unpaired) electrons. The Kier molecular flexibility index (Phi) is 7.69. The van der Waals surface area contributed by atoms with E-state index < -0.39 is 88.3 Å². The van der Waals surface area contributed by atoms with E-state index in [-0.39, 0.29) is 25.0 Å². The second-order valence-electron chi connectivity index (χ2n) is 14.4. The first-order valence-electron chi connectivity index (χ1n) is 16.3. The Hall–Kier alpha value is -2.16. The zero-order valence-corrected chi connectivity index (χ0v) is 27.3. The van der Waals surface area contributed by atoms with Gasteiger partial charge in [0, 0.05) is 83.0 Å². The molecule has 254 valence electrons. The van der Waals surface area contributed by atoms with Gasteiger partial charge in [0.25, 0.3) is 0 Å². The second-order valence-corrected chi connectivity index (χ2v) is 14.4. The molecule has 3 N–H and O–H groups in total. The van der Waals surface area contributed by atoms with Crippen molar-refractivity contribution in [3.63, 3.8) is 0 Å². The summed E-state index contributed by atoms with van der Waals surface area (Å²) < 4.78 is 37.4. The maximum atomic E-state index is 13.8. The number of aliphatic hydroxyl groups excluding tert-OH is 2. The molecule has 0 amide bonds. The Morgan fingerprint density at radius 3 is 2.30 bits per heavy atom. The summed E-state index contributed by atoms with van der Waals surface area (Å²) in [6, 6.07) is 8.18.